The first kappa shape index (κ1) is 12.5. The lowest BCUT2D eigenvalue weighted by atomic mass is 10.2. The molecule has 1 aliphatic rings. The van der Waals surface area contributed by atoms with Gasteiger partial charge in [-0.3, -0.25) is 4.79 Å². The first-order valence-electron chi connectivity index (χ1n) is 6.26. The number of fused-ring (bicyclic) bond motifs is 1. The molecule has 0 aromatic heterocycles. The molecule has 2 aromatic rings. The van der Waals surface area contributed by atoms with E-state index in [0.29, 0.717) is 18.0 Å². The molecule has 0 fully saturated rings. The van der Waals surface area contributed by atoms with E-state index in [2.05, 4.69) is 10.6 Å². The molecule has 102 valence electrons. The Morgan fingerprint density at radius 3 is 3.00 bits per heavy atom. The molecule has 1 heterocycles. The molecular formula is C15H13FN2O2. The standard InChI is InChI=1S/C15H13FN2O2/c16-11-3-1-2-10(6-11)8-17-12-4-5-14-13(7-12)18-15(19)9-20-14/h1-7,17H,8-9H2,(H,18,19). The Hall–Kier alpha value is -2.56. The number of hydrogen-bond acceptors (Lipinski definition) is 3. The Morgan fingerprint density at radius 2 is 2.15 bits per heavy atom. The highest BCUT2D eigenvalue weighted by Gasteiger charge is 2.15. The molecule has 0 unspecified atom stereocenters. The molecule has 0 saturated heterocycles. The molecule has 0 atom stereocenters. The Balaban J connectivity index is 1.72. The number of benzene rings is 2. The summed E-state index contributed by atoms with van der Waals surface area (Å²) in [5.41, 5.74) is 2.33. The van der Waals surface area contributed by atoms with Crippen LogP contribution in [-0.4, -0.2) is 12.5 Å². The number of anilines is 2. The van der Waals surface area contributed by atoms with Gasteiger partial charge in [0.1, 0.15) is 11.6 Å². The highest BCUT2D eigenvalue weighted by molar-refractivity contribution is 5.96. The third kappa shape index (κ3) is 2.71. The number of carbonyl (C=O) groups is 1. The maximum Gasteiger partial charge on any atom is 0.262 e. The average molecular weight is 272 g/mol. The van der Waals surface area contributed by atoms with E-state index in [1.807, 2.05) is 12.1 Å². The van der Waals surface area contributed by atoms with Gasteiger partial charge in [-0.05, 0) is 35.9 Å². The summed E-state index contributed by atoms with van der Waals surface area (Å²) in [7, 11) is 0. The van der Waals surface area contributed by atoms with Crippen LogP contribution in [0.15, 0.2) is 42.5 Å². The van der Waals surface area contributed by atoms with Crippen molar-refractivity contribution < 1.29 is 13.9 Å². The van der Waals surface area contributed by atoms with Gasteiger partial charge < -0.3 is 15.4 Å². The van der Waals surface area contributed by atoms with E-state index < -0.39 is 0 Å². The van der Waals surface area contributed by atoms with E-state index in [-0.39, 0.29) is 18.3 Å². The second-order valence-electron chi connectivity index (χ2n) is 4.53. The third-order valence-electron chi connectivity index (χ3n) is 3.00. The topological polar surface area (TPSA) is 50.4 Å². The lowest BCUT2D eigenvalue weighted by Crippen LogP contribution is -2.25. The predicted molar refractivity (Wildman–Crippen MR) is 74.3 cm³/mol. The highest BCUT2D eigenvalue weighted by atomic mass is 19.1. The second kappa shape index (κ2) is 5.21. The van der Waals surface area contributed by atoms with E-state index in [1.165, 1.54) is 12.1 Å². The normalized spacial score (nSPS) is 13.2. The molecule has 3 rings (SSSR count). The largest absolute Gasteiger partial charge is 0.482 e. The number of amides is 1. The van der Waals surface area contributed by atoms with Crippen LogP contribution < -0.4 is 15.4 Å². The fourth-order valence-corrected chi connectivity index (χ4v) is 2.04. The van der Waals surface area contributed by atoms with Gasteiger partial charge in [0.15, 0.2) is 6.61 Å². The summed E-state index contributed by atoms with van der Waals surface area (Å²) in [5.74, 6) is 0.232. The highest BCUT2D eigenvalue weighted by Crippen LogP contribution is 2.30. The van der Waals surface area contributed by atoms with Crippen LogP contribution in [0.4, 0.5) is 15.8 Å². The summed E-state index contributed by atoms with van der Waals surface area (Å²) < 4.78 is 18.3. The molecule has 0 radical (unpaired) electrons. The molecule has 2 aromatic carbocycles. The maximum absolute atomic E-state index is 13.1. The van der Waals surface area contributed by atoms with E-state index in [1.54, 1.807) is 18.2 Å². The molecule has 2 N–H and O–H groups in total. The summed E-state index contributed by atoms with van der Waals surface area (Å²) in [4.78, 5) is 11.3. The number of carbonyl (C=O) groups excluding carboxylic acids is 1. The first-order chi connectivity index (χ1) is 9.70. The molecule has 0 spiro atoms. The number of halogens is 1. The minimum Gasteiger partial charge on any atom is -0.482 e. The summed E-state index contributed by atoms with van der Waals surface area (Å²) >= 11 is 0. The van der Waals surface area contributed by atoms with Crippen molar-refractivity contribution in [1.29, 1.82) is 0 Å². The van der Waals surface area contributed by atoms with Crippen molar-refractivity contribution in [3.05, 3.63) is 53.8 Å². The summed E-state index contributed by atoms with van der Waals surface area (Å²) in [6.45, 7) is 0.550. The SMILES string of the molecule is O=C1COc2ccc(NCc3cccc(F)c3)cc2N1. The quantitative estimate of drug-likeness (QED) is 0.903. The van der Waals surface area contributed by atoms with Crippen LogP contribution in [0.3, 0.4) is 0 Å². The van der Waals surface area contributed by atoms with Crippen LogP contribution in [-0.2, 0) is 11.3 Å². The van der Waals surface area contributed by atoms with Crippen LogP contribution in [0, 0.1) is 5.82 Å². The van der Waals surface area contributed by atoms with Crippen molar-refractivity contribution >= 4 is 17.3 Å². The maximum atomic E-state index is 13.1. The summed E-state index contributed by atoms with van der Waals surface area (Å²) in [5, 5.41) is 5.92. The van der Waals surface area contributed by atoms with Gasteiger partial charge in [0.2, 0.25) is 0 Å². The number of nitrogens with one attached hydrogen (secondary N) is 2. The molecule has 1 aliphatic heterocycles. The molecule has 1 amide bonds. The molecular weight excluding hydrogens is 259 g/mol. The van der Waals surface area contributed by atoms with Crippen molar-refractivity contribution in [3.8, 4) is 5.75 Å². The van der Waals surface area contributed by atoms with E-state index in [9.17, 15) is 9.18 Å². The monoisotopic (exact) mass is 272 g/mol. The lowest BCUT2D eigenvalue weighted by molar-refractivity contribution is -0.118. The minimum absolute atomic E-state index is 0.0447. The molecule has 4 nitrogen and oxygen atoms in total. The third-order valence-corrected chi connectivity index (χ3v) is 3.00. The molecule has 0 bridgehead atoms. The Labute approximate surface area is 115 Å². The van der Waals surface area contributed by atoms with Crippen molar-refractivity contribution in [1.82, 2.24) is 0 Å². The Bertz CT molecular complexity index is 658. The van der Waals surface area contributed by atoms with Gasteiger partial charge in [-0.2, -0.15) is 0 Å². The van der Waals surface area contributed by atoms with Crippen molar-refractivity contribution in [2.75, 3.05) is 17.2 Å². The Morgan fingerprint density at radius 1 is 1.25 bits per heavy atom. The molecule has 0 saturated carbocycles. The van der Waals surface area contributed by atoms with Gasteiger partial charge >= 0.3 is 0 Å². The lowest BCUT2D eigenvalue weighted by Gasteiger charge is -2.18. The number of ether oxygens (including phenoxy) is 1. The smallest absolute Gasteiger partial charge is 0.262 e. The summed E-state index contributed by atoms with van der Waals surface area (Å²) in [6.07, 6.45) is 0. The van der Waals surface area contributed by atoms with Gasteiger partial charge in [-0.25, -0.2) is 4.39 Å². The van der Waals surface area contributed by atoms with Crippen molar-refractivity contribution in [2.24, 2.45) is 0 Å². The average Bonchev–Trinajstić information content (AvgIpc) is 2.45. The fraction of sp³-hybridized carbons (Fsp3) is 0.133. The fourth-order valence-electron chi connectivity index (χ4n) is 2.04. The zero-order valence-corrected chi connectivity index (χ0v) is 10.7. The van der Waals surface area contributed by atoms with Gasteiger partial charge in [0.05, 0.1) is 5.69 Å². The first-order valence-corrected chi connectivity index (χ1v) is 6.26. The molecule has 5 heteroatoms. The van der Waals surface area contributed by atoms with Crippen LogP contribution in [0.1, 0.15) is 5.56 Å². The van der Waals surface area contributed by atoms with Crippen molar-refractivity contribution in [3.63, 3.8) is 0 Å². The van der Waals surface area contributed by atoms with Crippen LogP contribution in [0.25, 0.3) is 0 Å². The number of hydrogen-bond donors (Lipinski definition) is 2. The van der Waals surface area contributed by atoms with E-state index in [4.69, 9.17) is 4.74 Å². The molecule has 20 heavy (non-hydrogen) atoms. The van der Waals surface area contributed by atoms with Crippen LogP contribution in [0.2, 0.25) is 0 Å². The number of rotatable bonds is 3. The van der Waals surface area contributed by atoms with Gasteiger partial charge in [-0.1, -0.05) is 12.1 Å². The second-order valence-corrected chi connectivity index (χ2v) is 4.53. The van der Waals surface area contributed by atoms with E-state index in [0.717, 1.165) is 11.3 Å². The minimum atomic E-state index is -0.254. The van der Waals surface area contributed by atoms with Gasteiger partial charge in [0, 0.05) is 12.2 Å². The zero-order valence-electron chi connectivity index (χ0n) is 10.7. The van der Waals surface area contributed by atoms with Gasteiger partial charge in [-0.15, -0.1) is 0 Å². The zero-order chi connectivity index (χ0) is 13.9. The predicted octanol–water partition coefficient (Wildman–Crippen LogP) is 2.77. The molecule has 0 aliphatic carbocycles. The van der Waals surface area contributed by atoms with Gasteiger partial charge in [0.25, 0.3) is 5.91 Å². The van der Waals surface area contributed by atoms with Crippen LogP contribution >= 0.6 is 0 Å². The summed E-state index contributed by atoms with van der Waals surface area (Å²) in [6, 6.07) is 11.9. The van der Waals surface area contributed by atoms with E-state index >= 15 is 0 Å². The van der Waals surface area contributed by atoms with Crippen molar-refractivity contribution in [2.45, 2.75) is 6.54 Å². The Kier molecular flexibility index (Phi) is 3.25. The van der Waals surface area contributed by atoms with Crippen LogP contribution in [0.5, 0.6) is 5.75 Å².